The van der Waals surface area contributed by atoms with E-state index in [1.165, 1.54) is 12.8 Å². The first-order valence-electron chi connectivity index (χ1n) is 6.32. The molecule has 0 radical (unpaired) electrons. The van der Waals surface area contributed by atoms with Gasteiger partial charge in [0.05, 0.1) is 5.69 Å². The van der Waals surface area contributed by atoms with Crippen molar-refractivity contribution < 1.29 is 0 Å². The molecule has 4 heteroatoms. The molecule has 1 aliphatic rings. The predicted molar refractivity (Wildman–Crippen MR) is 66.7 cm³/mol. The smallest absolute Gasteiger partial charge is 0.166 e. The average molecular weight is 230 g/mol. The van der Waals surface area contributed by atoms with Crippen molar-refractivity contribution in [1.82, 2.24) is 10.2 Å². The van der Waals surface area contributed by atoms with E-state index in [1.54, 1.807) is 0 Å². The lowest BCUT2D eigenvalue weighted by atomic mass is 10.0. The molecule has 2 rings (SSSR count). The summed E-state index contributed by atoms with van der Waals surface area (Å²) < 4.78 is 0. The maximum Gasteiger partial charge on any atom is 0.166 e. The molecule has 1 heterocycles. The standard InChI is InChI=1S/C13H18N4/c1-3-10-11(7-14)13(15-8-9-5-6-9)17-16-12(10)4-2/h9H,3-6,8H2,1-2H3,(H,15,17). The van der Waals surface area contributed by atoms with Crippen LogP contribution >= 0.6 is 0 Å². The van der Waals surface area contributed by atoms with Crippen molar-refractivity contribution in [3.8, 4) is 6.07 Å². The first kappa shape index (κ1) is 11.8. The number of nitrogens with zero attached hydrogens (tertiary/aromatic N) is 3. The van der Waals surface area contributed by atoms with Crippen LogP contribution in [0.5, 0.6) is 0 Å². The molecule has 0 unspecified atom stereocenters. The third kappa shape index (κ3) is 2.55. The Morgan fingerprint density at radius 3 is 2.59 bits per heavy atom. The Morgan fingerprint density at radius 1 is 1.29 bits per heavy atom. The van der Waals surface area contributed by atoms with E-state index in [-0.39, 0.29) is 0 Å². The number of aromatic nitrogens is 2. The van der Waals surface area contributed by atoms with Crippen LogP contribution in [0.3, 0.4) is 0 Å². The predicted octanol–water partition coefficient (Wildman–Crippen LogP) is 2.29. The van der Waals surface area contributed by atoms with E-state index in [9.17, 15) is 5.26 Å². The molecule has 0 aliphatic heterocycles. The lowest BCUT2D eigenvalue weighted by Gasteiger charge is -2.11. The maximum atomic E-state index is 9.27. The molecule has 1 saturated carbocycles. The fraction of sp³-hybridized carbons (Fsp3) is 0.615. The first-order chi connectivity index (χ1) is 8.30. The minimum absolute atomic E-state index is 0.661. The lowest BCUT2D eigenvalue weighted by molar-refractivity contribution is 0.842. The Labute approximate surface area is 102 Å². The molecule has 90 valence electrons. The van der Waals surface area contributed by atoms with Gasteiger partial charge in [-0.25, -0.2) is 0 Å². The van der Waals surface area contributed by atoms with Crippen LogP contribution in [0.1, 0.15) is 43.5 Å². The van der Waals surface area contributed by atoms with Gasteiger partial charge in [0.2, 0.25) is 0 Å². The first-order valence-corrected chi connectivity index (χ1v) is 6.32. The number of rotatable bonds is 5. The molecule has 4 nitrogen and oxygen atoms in total. The third-order valence-corrected chi connectivity index (χ3v) is 3.21. The Bertz CT molecular complexity index is 443. The van der Waals surface area contributed by atoms with E-state index in [2.05, 4.69) is 28.5 Å². The maximum absolute atomic E-state index is 9.27. The van der Waals surface area contributed by atoms with Gasteiger partial charge >= 0.3 is 0 Å². The molecule has 0 atom stereocenters. The van der Waals surface area contributed by atoms with Crippen molar-refractivity contribution in [2.24, 2.45) is 5.92 Å². The minimum atomic E-state index is 0.661. The van der Waals surface area contributed by atoms with Crippen LogP contribution in [-0.4, -0.2) is 16.7 Å². The van der Waals surface area contributed by atoms with E-state index < -0.39 is 0 Å². The van der Waals surface area contributed by atoms with Crippen molar-refractivity contribution in [1.29, 1.82) is 5.26 Å². The van der Waals surface area contributed by atoms with Gasteiger partial charge < -0.3 is 5.32 Å². The van der Waals surface area contributed by atoms with Crippen LogP contribution < -0.4 is 5.32 Å². The highest BCUT2D eigenvalue weighted by atomic mass is 15.2. The number of nitriles is 1. The quantitative estimate of drug-likeness (QED) is 0.843. The van der Waals surface area contributed by atoms with Crippen LogP contribution in [0, 0.1) is 17.2 Å². The number of anilines is 1. The molecule has 1 fully saturated rings. The molecule has 1 aromatic heterocycles. The summed E-state index contributed by atoms with van der Waals surface area (Å²) in [6.07, 6.45) is 4.24. The van der Waals surface area contributed by atoms with Crippen LogP contribution in [0.4, 0.5) is 5.82 Å². The number of hydrogen-bond donors (Lipinski definition) is 1. The van der Waals surface area contributed by atoms with Crippen molar-refractivity contribution in [2.45, 2.75) is 39.5 Å². The summed E-state index contributed by atoms with van der Waals surface area (Å²) in [6, 6.07) is 2.27. The molecular weight excluding hydrogens is 212 g/mol. The zero-order chi connectivity index (χ0) is 12.3. The van der Waals surface area contributed by atoms with Crippen molar-refractivity contribution in [3.05, 3.63) is 16.8 Å². The molecule has 1 aliphatic carbocycles. The van der Waals surface area contributed by atoms with Gasteiger partial charge in [-0.3, -0.25) is 0 Å². The SMILES string of the molecule is CCc1nnc(NCC2CC2)c(C#N)c1CC. The van der Waals surface area contributed by atoms with Crippen molar-refractivity contribution in [2.75, 3.05) is 11.9 Å². The average Bonchev–Trinajstić information content (AvgIpc) is 3.18. The molecular formula is C13H18N4. The van der Waals surface area contributed by atoms with Crippen LogP contribution in [0.2, 0.25) is 0 Å². The monoisotopic (exact) mass is 230 g/mol. The van der Waals surface area contributed by atoms with Gasteiger partial charge in [-0.05, 0) is 37.2 Å². The van der Waals surface area contributed by atoms with Gasteiger partial charge in [0.1, 0.15) is 11.6 Å². The second kappa shape index (κ2) is 5.13. The molecule has 17 heavy (non-hydrogen) atoms. The Balaban J connectivity index is 2.27. The van der Waals surface area contributed by atoms with Crippen LogP contribution in [-0.2, 0) is 12.8 Å². The van der Waals surface area contributed by atoms with E-state index in [0.717, 1.165) is 36.6 Å². The summed E-state index contributed by atoms with van der Waals surface area (Å²) in [5.74, 6) is 1.42. The molecule has 0 aromatic carbocycles. The minimum Gasteiger partial charge on any atom is -0.367 e. The molecule has 1 aromatic rings. The highest BCUT2D eigenvalue weighted by Crippen LogP contribution is 2.29. The number of nitrogens with one attached hydrogen (secondary N) is 1. The molecule has 0 spiro atoms. The third-order valence-electron chi connectivity index (χ3n) is 3.21. The summed E-state index contributed by atoms with van der Waals surface area (Å²) in [5, 5.41) is 20.9. The summed E-state index contributed by atoms with van der Waals surface area (Å²) in [4.78, 5) is 0. The van der Waals surface area contributed by atoms with E-state index in [4.69, 9.17) is 0 Å². The molecule has 1 N–H and O–H groups in total. The number of hydrogen-bond acceptors (Lipinski definition) is 4. The summed E-state index contributed by atoms with van der Waals surface area (Å²) in [6.45, 7) is 5.02. The Morgan fingerprint density at radius 2 is 2.06 bits per heavy atom. The molecule has 0 amide bonds. The fourth-order valence-corrected chi connectivity index (χ4v) is 1.98. The highest BCUT2D eigenvalue weighted by Gasteiger charge is 2.22. The van der Waals surface area contributed by atoms with Crippen molar-refractivity contribution in [3.63, 3.8) is 0 Å². The Hall–Kier alpha value is -1.63. The van der Waals surface area contributed by atoms with E-state index in [1.807, 2.05) is 6.92 Å². The lowest BCUT2D eigenvalue weighted by Crippen LogP contribution is -2.11. The van der Waals surface area contributed by atoms with Gasteiger partial charge in [-0.2, -0.15) is 10.4 Å². The zero-order valence-electron chi connectivity index (χ0n) is 10.5. The Kier molecular flexibility index (Phi) is 3.58. The largest absolute Gasteiger partial charge is 0.367 e. The summed E-state index contributed by atoms with van der Waals surface area (Å²) in [7, 11) is 0. The number of aryl methyl sites for hydroxylation is 1. The van der Waals surface area contributed by atoms with E-state index >= 15 is 0 Å². The van der Waals surface area contributed by atoms with Gasteiger partial charge in [0, 0.05) is 6.54 Å². The normalized spacial score (nSPS) is 14.4. The van der Waals surface area contributed by atoms with Crippen LogP contribution in [0.15, 0.2) is 0 Å². The highest BCUT2D eigenvalue weighted by molar-refractivity contribution is 5.56. The summed E-state index contributed by atoms with van der Waals surface area (Å²) in [5.41, 5.74) is 2.67. The van der Waals surface area contributed by atoms with Gasteiger partial charge in [-0.15, -0.1) is 5.10 Å². The van der Waals surface area contributed by atoms with Gasteiger partial charge in [0.15, 0.2) is 5.82 Å². The summed E-state index contributed by atoms with van der Waals surface area (Å²) >= 11 is 0. The van der Waals surface area contributed by atoms with Crippen molar-refractivity contribution >= 4 is 5.82 Å². The fourth-order valence-electron chi connectivity index (χ4n) is 1.98. The van der Waals surface area contributed by atoms with E-state index in [0.29, 0.717) is 11.4 Å². The second-order valence-corrected chi connectivity index (χ2v) is 4.49. The second-order valence-electron chi connectivity index (χ2n) is 4.49. The molecule has 0 bridgehead atoms. The van der Waals surface area contributed by atoms with Crippen LogP contribution in [0.25, 0.3) is 0 Å². The zero-order valence-corrected chi connectivity index (χ0v) is 10.5. The van der Waals surface area contributed by atoms with Gasteiger partial charge in [0.25, 0.3) is 0 Å². The van der Waals surface area contributed by atoms with Gasteiger partial charge in [-0.1, -0.05) is 13.8 Å². The topological polar surface area (TPSA) is 61.6 Å². The molecule has 0 saturated heterocycles.